The van der Waals surface area contributed by atoms with Crippen LogP contribution in [0.4, 0.5) is 9.18 Å². The molecule has 24 heavy (non-hydrogen) atoms. The van der Waals surface area contributed by atoms with Gasteiger partial charge in [0.2, 0.25) is 15.9 Å². The second kappa shape index (κ2) is 6.48. The second-order valence-electron chi connectivity index (χ2n) is 5.94. The van der Waals surface area contributed by atoms with Gasteiger partial charge in [0.05, 0.1) is 12.3 Å². The van der Waals surface area contributed by atoms with Crippen LogP contribution in [-0.2, 0) is 20.6 Å². The second-order valence-corrected chi connectivity index (χ2v) is 7.91. The third kappa shape index (κ3) is 3.41. The maximum absolute atomic E-state index is 13.2. The predicted molar refractivity (Wildman–Crippen MR) is 83.9 cm³/mol. The number of sulfonamides is 1. The van der Waals surface area contributed by atoms with E-state index in [1.165, 1.54) is 27.4 Å². The molecule has 0 radical (unpaired) electrons. The van der Waals surface area contributed by atoms with Crippen LogP contribution in [0.1, 0.15) is 18.4 Å². The number of hydrogen-bond donors (Lipinski definition) is 1. The van der Waals surface area contributed by atoms with E-state index in [1.807, 2.05) is 0 Å². The number of amides is 3. The van der Waals surface area contributed by atoms with Gasteiger partial charge >= 0.3 is 6.03 Å². The molecule has 0 aliphatic carbocycles. The molecular weight excluding hydrogens is 337 g/mol. The van der Waals surface area contributed by atoms with E-state index in [0.29, 0.717) is 18.4 Å². The third-order valence-corrected chi connectivity index (χ3v) is 6.15. The third-order valence-electron chi connectivity index (χ3n) is 4.30. The fraction of sp³-hybridized carbons (Fsp3) is 0.467. The molecule has 2 saturated heterocycles. The van der Waals surface area contributed by atoms with Gasteiger partial charge in [-0.25, -0.2) is 21.9 Å². The molecular formula is C15H18FN3O4S. The SMILES string of the molecule is O=C1CNC(=O)N1C1CCN(S(=O)(=O)Cc2cccc(F)c2)CC1. The number of hydrogen-bond acceptors (Lipinski definition) is 4. The lowest BCUT2D eigenvalue weighted by atomic mass is 10.1. The van der Waals surface area contributed by atoms with Crippen molar-refractivity contribution in [3.63, 3.8) is 0 Å². The smallest absolute Gasteiger partial charge is 0.324 e. The molecule has 0 unspecified atom stereocenters. The Kier molecular flexibility index (Phi) is 4.55. The van der Waals surface area contributed by atoms with E-state index in [-0.39, 0.29) is 37.3 Å². The Bertz CT molecular complexity index is 744. The summed E-state index contributed by atoms with van der Waals surface area (Å²) in [7, 11) is -3.56. The highest BCUT2D eigenvalue weighted by molar-refractivity contribution is 7.88. The summed E-state index contributed by atoms with van der Waals surface area (Å²) < 4.78 is 39.5. The Morgan fingerprint density at radius 1 is 1.21 bits per heavy atom. The zero-order valence-corrected chi connectivity index (χ0v) is 13.8. The Morgan fingerprint density at radius 3 is 2.50 bits per heavy atom. The number of nitrogens with one attached hydrogen (secondary N) is 1. The van der Waals surface area contributed by atoms with E-state index < -0.39 is 21.9 Å². The molecule has 3 amide bonds. The first-order valence-electron chi connectivity index (χ1n) is 7.69. The van der Waals surface area contributed by atoms with Crippen LogP contribution >= 0.6 is 0 Å². The lowest BCUT2D eigenvalue weighted by molar-refractivity contribution is -0.127. The summed E-state index contributed by atoms with van der Waals surface area (Å²) in [5.74, 6) is -1.01. The summed E-state index contributed by atoms with van der Waals surface area (Å²) in [4.78, 5) is 24.6. The molecule has 0 aromatic heterocycles. The lowest BCUT2D eigenvalue weighted by Crippen LogP contribution is -2.49. The fourth-order valence-electron chi connectivity index (χ4n) is 3.11. The highest BCUT2D eigenvalue weighted by Crippen LogP contribution is 2.22. The van der Waals surface area contributed by atoms with Crippen molar-refractivity contribution in [1.29, 1.82) is 0 Å². The normalized spacial score (nSPS) is 20.5. The maximum Gasteiger partial charge on any atom is 0.324 e. The first kappa shape index (κ1) is 16.8. The number of imide groups is 1. The minimum atomic E-state index is -3.56. The standard InChI is InChI=1S/C15H18FN3O4S/c16-12-3-1-2-11(8-12)10-24(22,23)18-6-4-13(5-7-18)19-14(20)9-17-15(19)21/h1-3,8,13H,4-7,9-10H2,(H,17,21). The summed E-state index contributed by atoms with van der Waals surface area (Å²) >= 11 is 0. The van der Waals surface area contributed by atoms with Crippen molar-refractivity contribution in [2.45, 2.75) is 24.6 Å². The molecule has 0 bridgehead atoms. The van der Waals surface area contributed by atoms with E-state index in [2.05, 4.69) is 5.32 Å². The first-order valence-corrected chi connectivity index (χ1v) is 9.30. The molecule has 7 nitrogen and oxygen atoms in total. The number of nitrogens with zero attached hydrogens (tertiary/aromatic N) is 2. The average Bonchev–Trinajstić information content (AvgIpc) is 2.86. The van der Waals surface area contributed by atoms with Gasteiger partial charge in [-0.15, -0.1) is 0 Å². The van der Waals surface area contributed by atoms with Crippen LogP contribution in [0.25, 0.3) is 0 Å². The van der Waals surface area contributed by atoms with Crippen molar-refractivity contribution in [3.05, 3.63) is 35.6 Å². The summed E-state index contributed by atoms with van der Waals surface area (Å²) in [6.45, 7) is 0.468. The van der Waals surface area contributed by atoms with Crippen LogP contribution in [-0.4, -0.2) is 55.2 Å². The van der Waals surface area contributed by atoms with E-state index in [1.54, 1.807) is 6.07 Å². The zero-order chi connectivity index (χ0) is 17.3. The molecule has 2 aliphatic heterocycles. The first-order chi connectivity index (χ1) is 11.4. The average molecular weight is 355 g/mol. The fourth-order valence-corrected chi connectivity index (χ4v) is 4.66. The topological polar surface area (TPSA) is 86.8 Å². The van der Waals surface area contributed by atoms with Crippen molar-refractivity contribution in [1.82, 2.24) is 14.5 Å². The van der Waals surface area contributed by atoms with Gasteiger partial charge in [-0.3, -0.25) is 9.69 Å². The number of urea groups is 1. The van der Waals surface area contributed by atoms with E-state index in [9.17, 15) is 22.4 Å². The van der Waals surface area contributed by atoms with Gasteiger partial charge < -0.3 is 5.32 Å². The Hall–Kier alpha value is -2.00. The van der Waals surface area contributed by atoms with Gasteiger partial charge in [0.1, 0.15) is 5.82 Å². The number of piperidine rings is 1. The highest BCUT2D eigenvalue weighted by Gasteiger charge is 2.38. The highest BCUT2D eigenvalue weighted by atomic mass is 32.2. The monoisotopic (exact) mass is 355 g/mol. The predicted octanol–water partition coefficient (Wildman–Crippen LogP) is 0.672. The number of benzene rings is 1. The molecule has 130 valence electrons. The molecule has 9 heteroatoms. The number of carbonyl (C=O) groups excluding carboxylic acids is 2. The molecule has 1 aromatic carbocycles. The molecule has 1 aromatic rings. The van der Waals surface area contributed by atoms with Crippen LogP contribution < -0.4 is 5.32 Å². The van der Waals surface area contributed by atoms with Crippen LogP contribution in [0.15, 0.2) is 24.3 Å². The van der Waals surface area contributed by atoms with Crippen molar-refractivity contribution in [2.75, 3.05) is 19.6 Å². The minimum absolute atomic E-state index is 0.00306. The maximum atomic E-state index is 13.2. The largest absolute Gasteiger partial charge is 0.329 e. The van der Waals surface area contributed by atoms with Crippen LogP contribution in [0, 0.1) is 5.82 Å². The van der Waals surface area contributed by atoms with E-state index in [4.69, 9.17) is 0 Å². The van der Waals surface area contributed by atoms with Crippen molar-refractivity contribution in [3.8, 4) is 0 Å². The Morgan fingerprint density at radius 2 is 1.92 bits per heavy atom. The molecule has 2 heterocycles. The van der Waals surface area contributed by atoms with Gasteiger partial charge in [-0.1, -0.05) is 12.1 Å². The molecule has 0 saturated carbocycles. The number of rotatable bonds is 4. The summed E-state index contributed by atoms with van der Waals surface area (Å²) in [5, 5.41) is 2.47. The molecule has 2 aliphatic rings. The molecule has 0 atom stereocenters. The van der Waals surface area contributed by atoms with Crippen molar-refractivity contribution >= 4 is 22.0 Å². The summed E-state index contributed by atoms with van der Waals surface area (Å²) in [6.07, 6.45) is 0.809. The van der Waals surface area contributed by atoms with Crippen LogP contribution in [0.2, 0.25) is 0 Å². The number of halogens is 1. The number of carbonyl (C=O) groups is 2. The van der Waals surface area contributed by atoms with Gasteiger partial charge in [0.15, 0.2) is 0 Å². The zero-order valence-electron chi connectivity index (χ0n) is 12.9. The van der Waals surface area contributed by atoms with Gasteiger partial charge in [0, 0.05) is 19.1 Å². The van der Waals surface area contributed by atoms with Gasteiger partial charge in [-0.2, -0.15) is 0 Å². The van der Waals surface area contributed by atoms with Crippen molar-refractivity contribution < 1.29 is 22.4 Å². The molecule has 2 fully saturated rings. The molecule has 3 rings (SSSR count). The van der Waals surface area contributed by atoms with Gasteiger partial charge in [0.25, 0.3) is 0 Å². The van der Waals surface area contributed by atoms with E-state index in [0.717, 1.165) is 0 Å². The van der Waals surface area contributed by atoms with Crippen molar-refractivity contribution in [2.24, 2.45) is 0 Å². The van der Waals surface area contributed by atoms with Crippen LogP contribution in [0.5, 0.6) is 0 Å². The Labute approximate surface area is 139 Å². The van der Waals surface area contributed by atoms with Gasteiger partial charge in [-0.05, 0) is 30.5 Å². The molecule has 1 N–H and O–H groups in total. The van der Waals surface area contributed by atoms with Crippen LogP contribution in [0.3, 0.4) is 0 Å². The quantitative estimate of drug-likeness (QED) is 0.805. The lowest BCUT2D eigenvalue weighted by Gasteiger charge is -2.34. The van der Waals surface area contributed by atoms with E-state index >= 15 is 0 Å². The Balaban J connectivity index is 1.63. The summed E-state index contributed by atoms with van der Waals surface area (Å²) in [5.41, 5.74) is 0.395. The summed E-state index contributed by atoms with van der Waals surface area (Å²) in [6, 6.07) is 4.82. The molecule has 0 spiro atoms. The minimum Gasteiger partial charge on any atom is -0.329 e.